The summed E-state index contributed by atoms with van der Waals surface area (Å²) in [4.78, 5) is 24.6. The van der Waals surface area contributed by atoms with Crippen LogP contribution < -0.4 is 5.48 Å². The van der Waals surface area contributed by atoms with E-state index in [1.54, 1.807) is 6.92 Å². The van der Waals surface area contributed by atoms with Crippen LogP contribution in [0.4, 0.5) is 0 Å². The highest BCUT2D eigenvalue weighted by atomic mass is 16.7. The molecule has 0 aromatic carbocycles. The molecular formula is C6H9NO4. The van der Waals surface area contributed by atoms with Gasteiger partial charge in [0.25, 0.3) is 0 Å². The summed E-state index contributed by atoms with van der Waals surface area (Å²) >= 11 is 0. The van der Waals surface area contributed by atoms with Gasteiger partial charge in [0.15, 0.2) is 0 Å². The number of carbonyl (C=O) groups is 2. The summed E-state index contributed by atoms with van der Waals surface area (Å²) in [5, 5.41) is 8.07. The van der Waals surface area contributed by atoms with Crippen molar-refractivity contribution in [1.29, 1.82) is 0 Å². The molecule has 0 amide bonds. The van der Waals surface area contributed by atoms with Gasteiger partial charge in [-0.25, -0.2) is 9.59 Å². The first kappa shape index (κ1) is 9.64. The van der Waals surface area contributed by atoms with Gasteiger partial charge in [0.1, 0.15) is 0 Å². The number of rotatable bonds is 4. The quantitative estimate of drug-likeness (QED) is 0.435. The summed E-state index contributed by atoms with van der Waals surface area (Å²) in [5.41, 5.74) is 2.28. The predicted molar refractivity (Wildman–Crippen MR) is 36.5 cm³/mol. The maximum atomic E-state index is 10.5. The smallest absolute Gasteiger partial charge is 0.349 e. The van der Waals surface area contributed by atoms with Crippen LogP contribution in [-0.2, 0) is 14.4 Å². The molecule has 5 heteroatoms. The third kappa shape index (κ3) is 6.53. The van der Waals surface area contributed by atoms with E-state index < -0.39 is 11.9 Å². The van der Waals surface area contributed by atoms with Crippen LogP contribution in [0.2, 0.25) is 0 Å². The van der Waals surface area contributed by atoms with E-state index in [9.17, 15) is 9.59 Å². The van der Waals surface area contributed by atoms with E-state index in [-0.39, 0.29) is 0 Å². The molecule has 0 aliphatic rings. The molecule has 5 nitrogen and oxygen atoms in total. The van der Waals surface area contributed by atoms with Gasteiger partial charge in [-0.15, -0.1) is 0 Å². The Balaban J connectivity index is 3.60. The second-order valence-corrected chi connectivity index (χ2v) is 1.59. The second-order valence-electron chi connectivity index (χ2n) is 1.59. The molecule has 0 spiro atoms. The van der Waals surface area contributed by atoms with Crippen LogP contribution in [-0.4, -0.2) is 23.6 Å². The van der Waals surface area contributed by atoms with Crippen molar-refractivity contribution in [2.75, 3.05) is 6.54 Å². The second kappa shape index (κ2) is 5.43. The number of carboxylic acid groups (broad SMARTS) is 1. The largest absolute Gasteiger partial charge is 0.478 e. The molecule has 0 aromatic heterocycles. The highest BCUT2D eigenvalue weighted by Gasteiger charge is 1.95. The van der Waals surface area contributed by atoms with Gasteiger partial charge in [0.2, 0.25) is 0 Å². The van der Waals surface area contributed by atoms with E-state index in [0.29, 0.717) is 12.6 Å². The first-order valence-electron chi connectivity index (χ1n) is 3.01. The topological polar surface area (TPSA) is 75.6 Å². The zero-order valence-corrected chi connectivity index (χ0v) is 6.03. The van der Waals surface area contributed by atoms with E-state index in [2.05, 4.69) is 10.3 Å². The molecule has 0 aliphatic heterocycles. The molecule has 0 aromatic rings. The zero-order valence-electron chi connectivity index (χ0n) is 6.03. The molecule has 0 saturated carbocycles. The minimum atomic E-state index is -1.18. The van der Waals surface area contributed by atoms with Gasteiger partial charge in [-0.05, 0) is 6.92 Å². The normalized spacial score (nSPS) is 9.91. The lowest BCUT2D eigenvalue weighted by molar-refractivity contribution is -0.145. The lowest BCUT2D eigenvalue weighted by Gasteiger charge is -1.96. The molecular weight excluding hydrogens is 150 g/mol. The minimum Gasteiger partial charge on any atom is -0.478 e. The highest BCUT2D eigenvalue weighted by Crippen LogP contribution is 1.77. The zero-order chi connectivity index (χ0) is 8.69. The Morgan fingerprint density at radius 3 is 2.64 bits per heavy atom. The summed E-state index contributed by atoms with van der Waals surface area (Å²) in [6.07, 6.45) is 1.53. The Labute approximate surface area is 63.6 Å². The van der Waals surface area contributed by atoms with Crippen LogP contribution in [0, 0.1) is 0 Å². The Kier molecular flexibility index (Phi) is 4.76. The molecule has 0 rings (SSSR count). The SMILES string of the molecule is CCNOC(=O)/C=C\C(=O)O. The van der Waals surface area contributed by atoms with Crippen molar-refractivity contribution in [2.45, 2.75) is 6.92 Å². The Hall–Kier alpha value is -1.36. The number of carboxylic acids is 1. The van der Waals surface area contributed by atoms with Crippen molar-refractivity contribution in [3.8, 4) is 0 Å². The molecule has 0 bridgehead atoms. The average Bonchev–Trinajstić information content (AvgIpc) is 1.97. The number of carbonyl (C=O) groups excluding carboxylic acids is 1. The Bertz CT molecular complexity index is 175. The fourth-order valence-electron chi connectivity index (χ4n) is 0.317. The summed E-state index contributed by atoms with van der Waals surface area (Å²) in [5.74, 6) is -1.91. The van der Waals surface area contributed by atoms with Crippen molar-refractivity contribution >= 4 is 11.9 Å². The van der Waals surface area contributed by atoms with Crippen molar-refractivity contribution < 1.29 is 19.5 Å². The molecule has 0 radical (unpaired) electrons. The molecule has 0 saturated heterocycles. The third-order valence-electron chi connectivity index (χ3n) is 0.679. The predicted octanol–water partition coefficient (Wildman–Crippen LogP) is -0.305. The summed E-state index contributed by atoms with van der Waals surface area (Å²) in [6.45, 7) is 2.22. The fraction of sp³-hybridized carbons (Fsp3) is 0.333. The maximum absolute atomic E-state index is 10.5. The van der Waals surface area contributed by atoms with E-state index in [0.717, 1.165) is 6.08 Å². The summed E-state index contributed by atoms with van der Waals surface area (Å²) in [6, 6.07) is 0. The Morgan fingerprint density at radius 2 is 2.18 bits per heavy atom. The van der Waals surface area contributed by atoms with Crippen LogP contribution in [0.15, 0.2) is 12.2 Å². The Morgan fingerprint density at radius 1 is 1.55 bits per heavy atom. The number of hydrogen-bond donors (Lipinski definition) is 2. The van der Waals surface area contributed by atoms with Crippen molar-refractivity contribution in [2.24, 2.45) is 0 Å². The van der Waals surface area contributed by atoms with Gasteiger partial charge < -0.3 is 9.94 Å². The number of nitrogens with one attached hydrogen (secondary N) is 1. The number of hydroxylamine groups is 1. The van der Waals surface area contributed by atoms with E-state index in [1.165, 1.54) is 0 Å². The molecule has 0 heterocycles. The van der Waals surface area contributed by atoms with Crippen LogP contribution in [0.25, 0.3) is 0 Å². The first-order chi connectivity index (χ1) is 5.16. The van der Waals surface area contributed by atoms with Crippen molar-refractivity contribution in [1.82, 2.24) is 5.48 Å². The van der Waals surface area contributed by atoms with Gasteiger partial charge in [-0.2, -0.15) is 5.48 Å². The van der Waals surface area contributed by atoms with Gasteiger partial charge >= 0.3 is 11.9 Å². The summed E-state index contributed by atoms with van der Waals surface area (Å²) in [7, 11) is 0. The minimum absolute atomic E-state index is 0.479. The van der Waals surface area contributed by atoms with E-state index in [4.69, 9.17) is 5.11 Å². The molecule has 2 N–H and O–H groups in total. The van der Waals surface area contributed by atoms with Gasteiger partial charge in [-0.1, -0.05) is 0 Å². The van der Waals surface area contributed by atoms with E-state index >= 15 is 0 Å². The van der Waals surface area contributed by atoms with Gasteiger partial charge in [-0.3, -0.25) is 0 Å². The third-order valence-corrected chi connectivity index (χ3v) is 0.679. The van der Waals surface area contributed by atoms with Gasteiger partial charge in [0, 0.05) is 18.7 Å². The van der Waals surface area contributed by atoms with Crippen LogP contribution in [0.5, 0.6) is 0 Å². The number of hydrogen-bond acceptors (Lipinski definition) is 4. The molecule has 0 unspecified atom stereocenters. The molecule has 0 aliphatic carbocycles. The summed E-state index contributed by atoms with van der Waals surface area (Å²) < 4.78 is 0. The fourth-order valence-corrected chi connectivity index (χ4v) is 0.317. The number of aliphatic carboxylic acids is 1. The highest BCUT2D eigenvalue weighted by molar-refractivity contribution is 5.90. The maximum Gasteiger partial charge on any atom is 0.349 e. The van der Waals surface area contributed by atoms with Crippen LogP contribution in [0.3, 0.4) is 0 Å². The molecule has 0 fully saturated rings. The van der Waals surface area contributed by atoms with Crippen LogP contribution in [0.1, 0.15) is 6.92 Å². The molecule has 62 valence electrons. The first-order valence-corrected chi connectivity index (χ1v) is 3.01. The average molecular weight is 159 g/mol. The molecule has 0 atom stereocenters. The van der Waals surface area contributed by atoms with Crippen LogP contribution >= 0.6 is 0 Å². The lowest BCUT2D eigenvalue weighted by Crippen LogP contribution is -2.17. The van der Waals surface area contributed by atoms with Crippen molar-refractivity contribution in [3.63, 3.8) is 0 Å². The monoisotopic (exact) mass is 159 g/mol. The van der Waals surface area contributed by atoms with Crippen molar-refractivity contribution in [3.05, 3.63) is 12.2 Å². The van der Waals surface area contributed by atoms with Gasteiger partial charge in [0.05, 0.1) is 0 Å². The molecule has 11 heavy (non-hydrogen) atoms. The standard InChI is InChI=1S/C6H9NO4/c1-2-7-11-6(10)4-3-5(8)9/h3-4,7H,2H2,1H3,(H,8,9)/b4-3-. The van der Waals surface area contributed by atoms with E-state index in [1.807, 2.05) is 0 Å². The lowest BCUT2D eigenvalue weighted by atomic mass is 10.5.